The second kappa shape index (κ2) is 9.89. The van der Waals surface area contributed by atoms with E-state index in [0.29, 0.717) is 29.9 Å². The number of carbonyl (C=O) groups excluding carboxylic acids is 2. The van der Waals surface area contributed by atoms with Crippen LogP contribution in [0.25, 0.3) is 0 Å². The van der Waals surface area contributed by atoms with Crippen molar-refractivity contribution in [3.63, 3.8) is 0 Å². The molecule has 0 atom stereocenters. The normalized spacial score (nSPS) is 10.4. The van der Waals surface area contributed by atoms with Crippen LogP contribution in [0.3, 0.4) is 0 Å². The van der Waals surface area contributed by atoms with Gasteiger partial charge in [-0.05, 0) is 72.6 Å². The average molecular weight is 427 g/mol. The number of nitrogens with one attached hydrogen (secondary N) is 2. The molecule has 0 aliphatic carbocycles. The molecule has 3 amide bonds. The first-order valence-corrected chi connectivity index (χ1v) is 9.50. The van der Waals surface area contributed by atoms with Crippen molar-refractivity contribution in [3.8, 4) is 0 Å². The van der Waals surface area contributed by atoms with Crippen molar-refractivity contribution in [2.24, 2.45) is 0 Å². The van der Waals surface area contributed by atoms with Crippen molar-refractivity contribution in [1.82, 2.24) is 5.32 Å². The van der Waals surface area contributed by atoms with E-state index in [1.54, 1.807) is 36.4 Å². The molecule has 0 fully saturated rings. The van der Waals surface area contributed by atoms with Crippen molar-refractivity contribution in [2.75, 3.05) is 16.2 Å². The number of nitrogens with zero attached hydrogens (tertiary/aromatic N) is 1. The van der Waals surface area contributed by atoms with Crippen LogP contribution >= 0.6 is 12.8 Å². The van der Waals surface area contributed by atoms with Crippen LogP contribution in [0.1, 0.15) is 15.9 Å². The van der Waals surface area contributed by atoms with Crippen LogP contribution in [-0.4, -0.2) is 18.5 Å². The number of benzene rings is 3. The Labute approximate surface area is 178 Å². The average Bonchev–Trinajstić information content (AvgIpc) is 2.75. The Morgan fingerprint density at radius 2 is 1.40 bits per heavy atom. The SMILES string of the molecule is O=C(Nc1ccc(N(S)C(=O)NCCc2ccc(F)cc2)cc1)c1ccc(F)cc1. The molecule has 0 bridgehead atoms. The maximum Gasteiger partial charge on any atom is 0.331 e. The summed E-state index contributed by atoms with van der Waals surface area (Å²) in [7, 11) is 0. The van der Waals surface area contributed by atoms with Crippen LogP contribution in [0.15, 0.2) is 72.8 Å². The number of urea groups is 1. The quantitative estimate of drug-likeness (QED) is 0.494. The zero-order chi connectivity index (χ0) is 21.5. The van der Waals surface area contributed by atoms with Crippen LogP contribution in [0.4, 0.5) is 25.0 Å². The summed E-state index contributed by atoms with van der Waals surface area (Å²) in [6.45, 7) is 0.368. The molecule has 3 rings (SSSR count). The third-order valence-electron chi connectivity index (χ3n) is 4.27. The zero-order valence-corrected chi connectivity index (χ0v) is 16.7. The van der Waals surface area contributed by atoms with Crippen molar-refractivity contribution < 1.29 is 18.4 Å². The van der Waals surface area contributed by atoms with E-state index >= 15 is 0 Å². The molecular formula is C22H19F2N3O2S. The summed E-state index contributed by atoms with van der Waals surface area (Å²) in [5.74, 6) is -1.09. The van der Waals surface area contributed by atoms with E-state index in [1.807, 2.05) is 0 Å². The van der Waals surface area contributed by atoms with E-state index < -0.39 is 11.8 Å². The molecule has 2 N–H and O–H groups in total. The first-order valence-electron chi connectivity index (χ1n) is 9.10. The highest BCUT2D eigenvalue weighted by Gasteiger charge is 2.12. The lowest BCUT2D eigenvalue weighted by atomic mass is 10.1. The molecule has 0 spiro atoms. The maximum atomic E-state index is 13.0. The zero-order valence-electron chi connectivity index (χ0n) is 15.8. The first-order chi connectivity index (χ1) is 14.4. The fourth-order valence-corrected chi connectivity index (χ4v) is 2.85. The van der Waals surface area contributed by atoms with Gasteiger partial charge in [-0.3, -0.25) is 4.79 Å². The van der Waals surface area contributed by atoms with Crippen LogP contribution in [0.5, 0.6) is 0 Å². The number of thiol groups is 1. The Morgan fingerprint density at radius 1 is 0.833 bits per heavy atom. The lowest BCUT2D eigenvalue weighted by molar-refractivity contribution is 0.102. The molecule has 30 heavy (non-hydrogen) atoms. The summed E-state index contributed by atoms with van der Waals surface area (Å²) < 4.78 is 27.0. The predicted octanol–water partition coefficient (Wildman–Crippen LogP) is 4.82. The van der Waals surface area contributed by atoms with Gasteiger partial charge in [-0.25, -0.2) is 17.9 Å². The van der Waals surface area contributed by atoms with Gasteiger partial charge in [0.25, 0.3) is 5.91 Å². The van der Waals surface area contributed by atoms with Gasteiger partial charge in [0.2, 0.25) is 0 Å². The largest absolute Gasteiger partial charge is 0.337 e. The smallest absolute Gasteiger partial charge is 0.331 e. The minimum absolute atomic E-state index is 0.304. The van der Waals surface area contributed by atoms with E-state index in [-0.39, 0.29) is 11.7 Å². The van der Waals surface area contributed by atoms with E-state index in [9.17, 15) is 18.4 Å². The van der Waals surface area contributed by atoms with E-state index in [1.165, 1.54) is 36.4 Å². The molecule has 0 saturated heterocycles. The van der Waals surface area contributed by atoms with Gasteiger partial charge in [-0.1, -0.05) is 24.9 Å². The van der Waals surface area contributed by atoms with Crippen LogP contribution in [0.2, 0.25) is 0 Å². The van der Waals surface area contributed by atoms with Gasteiger partial charge >= 0.3 is 6.03 Å². The third kappa shape index (κ3) is 5.81. The minimum Gasteiger partial charge on any atom is -0.337 e. The summed E-state index contributed by atoms with van der Waals surface area (Å²) in [4.78, 5) is 24.4. The lowest BCUT2D eigenvalue weighted by Crippen LogP contribution is -2.35. The molecule has 0 aromatic heterocycles. The molecule has 3 aromatic carbocycles. The van der Waals surface area contributed by atoms with E-state index in [4.69, 9.17) is 0 Å². The van der Waals surface area contributed by atoms with Crippen molar-refractivity contribution in [1.29, 1.82) is 0 Å². The Hall–Kier alpha value is -3.39. The number of hydrogen-bond donors (Lipinski definition) is 3. The molecule has 0 aliphatic heterocycles. The Morgan fingerprint density at radius 3 is 2.00 bits per heavy atom. The number of amides is 3. The van der Waals surface area contributed by atoms with E-state index in [0.717, 1.165) is 9.87 Å². The fourth-order valence-electron chi connectivity index (χ4n) is 2.65. The Kier molecular flexibility index (Phi) is 7.03. The fraction of sp³-hybridized carbons (Fsp3) is 0.0909. The van der Waals surface area contributed by atoms with Gasteiger partial charge in [0.05, 0.1) is 5.69 Å². The Bertz CT molecular complexity index is 1010. The van der Waals surface area contributed by atoms with Crippen LogP contribution < -0.4 is 14.9 Å². The molecule has 0 aliphatic rings. The first kappa shape index (κ1) is 21.3. The highest BCUT2D eigenvalue weighted by Crippen LogP contribution is 2.20. The van der Waals surface area contributed by atoms with Gasteiger partial charge in [0.1, 0.15) is 11.6 Å². The number of carbonyl (C=O) groups is 2. The lowest BCUT2D eigenvalue weighted by Gasteiger charge is -2.17. The summed E-state index contributed by atoms with van der Waals surface area (Å²) in [5, 5.41) is 5.43. The van der Waals surface area contributed by atoms with Crippen molar-refractivity contribution >= 4 is 36.1 Å². The summed E-state index contributed by atoms with van der Waals surface area (Å²) >= 11 is 4.21. The van der Waals surface area contributed by atoms with Crippen LogP contribution in [0, 0.1) is 11.6 Å². The number of hydrogen-bond acceptors (Lipinski definition) is 3. The summed E-state index contributed by atoms with van der Waals surface area (Å²) in [6, 6.07) is 17.4. The minimum atomic E-state index is -0.416. The monoisotopic (exact) mass is 427 g/mol. The number of anilines is 2. The Balaban J connectivity index is 1.51. The molecule has 154 valence electrons. The number of rotatable bonds is 6. The second-order valence-corrected chi connectivity index (χ2v) is 6.83. The molecule has 3 aromatic rings. The van der Waals surface area contributed by atoms with Gasteiger partial charge in [-0.2, -0.15) is 0 Å². The predicted molar refractivity (Wildman–Crippen MR) is 116 cm³/mol. The van der Waals surface area contributed by atoms with Gasteiger partial charge in [-0.15, -0.1) is 0 Å². The molecule has 0 unspecified atom stereocenters. The summed E-state index contributed by atoms with van der Waals surface area (Å²) in [5.41, 5.74) is 2.27. The molecule has 0 saturated carbocycles. The second-order valence-electron chi connectivity index (χ2n) is 6.43. The number of halogens is 2. The highest BCUT2D eigenvalue weighted by molar-refractivity contribution is 7.82. The van der Waals surface area contributed by atoms with Gasteiger partial charge in [0, 0.05) is 17.8 Å². The molecular weight excluding hydrogens is 408 g/mol. The van der Waals surface area contributed by atoms with E-state index in [2.05, 4.69) is 23.4 Å². The van der Waals surface area contributed by atoms with Crippen LogP contribution in [-0.2, 0) is 6.42 Å². The van der Waals surface area contributed by atoms with Gasteiger partial charge < -0.3 is 10.6 Å². The standard InChI is InChI=1S/C22H19F2N3O2S/c23-17-5-1-15(2-6-17)13-14-25-22(29)27(30)20-11-9-19(10-12-20)26-21(28)16-3-7-18(24)8-4-16/h1-12,30H,13-14H2,(H,25,29)(H,26,28). The topological polar surface area (TPSA) is 61.4 Å². The van der Waals surface area contributed by atoms with Gasteiger partial charge in [0.15, 0.2) is 0 Å². The van der Waals surface area contributed by atoms with Crippen molar-refractivity contribution in [2.45, 2.75) is 6.42 Å². The maximum absolute atomic E-state index is 13.0. The molecule has 8 heteroatoms. The third-order valence-corrected chi connectivity index (χ3v) is 4.68. The molecule has 0 heterocycles. The highest BCUT2D eigenvalue weighted by atomic mass is 32.1. The molecule has 0 radical (unpaired) electrons. The summed E-state index contributed by atoms with van der Waals surface area (Å²) in [6.07, 6.45) is 0.558. The van der Waals surface area contributed by atoms with Crippen molar-refractivity contribution in [3.05, 3.63) is 95.6 Å². The molecule has 5 nitrogen and oxygen atoms in total.